The summed E-state index contributed by atoms with van der Waals surface area (Å²) in [4.78, 5) is 30.8. The van der Waals surface area contributed by atoms with E-state index in [1.807, 2.05) is 43.1 Å². The number of hydrogen-bond acceptors (Lipinski definition) is 3. The third-order valence-electron chi connectivity index (χ3n) is 5.07. The van der Waals surface area contributed by atoms with Gasteiger partial charge < -0.3 is 15.1 Å². The minimum atomic E-state index is -0.0885. The number of nitrogens with one attached hydrogen (secondary N) is 1. The van der Waals surface area contributed by atoms with Crippen molar-refractivity contribution in [2.24, 2.45) is 0 Å². The molecule has 1 aromatic rings. The van der Waals surface area contributed by atoms with E-state index in [4.69, 9.17) is 0 Å². The normalized spacial score (nSPS) is 21.8. The Kier molecular flexibility index (Phi) is 5.04. The molecule has 6 heteroatoms. The lowest BCUT2D eigenvalue weighted by Gasteiger charge is -2.36. The molecule has 3 rings (SSSR count). The standard InChI is InChI=1S/C18H26N4O2/c1-14-6-3-4-7-15(14)19-18(24)22-12-10-21(11-13-22)17(23)16-8-5-9-20(16)2/h3-4,6-7,16H,5,8-13H2,1-2H3,(H,19,24). The van der Waals surface area contributed by atoms with Crippen LogP contribution in [0.5, 0.6) is 0 Å². The third-order valence-corrected chi connectivity index (χ3v) is 5.07. The molecule has 0 saturated carbocycles. The topological polar surface area (TPSA) is 55.9 Å². The lowest BCUT2D eigenvalue weighted by Crippen LogP contribution is -2.55. The quantitative estimate of drug-likeness (QED) is 0.899. The van der Waals surface area contributed by atoms with E-state index < -0.39 is 0 Å². The highest BCUT2D eigenvalue weighted by atomic mass is 16.2. The van der Waals surface area contributed by atoms with Crippen molar-refractivity contribution in [2.75, 3.05) is 45.1 Å². The van der Waals surface area contributed by atoms with Crippen LogP contribution in [-0.4, -0.2) is 72.5 Å². The number of anilines is 1. The molecule has 3 amide bonds. The maximum atomic E-state index is 12.6. The fourth-order valence-corrected chi connectivity index (χ4v) is 3.47. The highest BCUT2D eigenvalue weighted by molar-refractivity contribution is 5.90. The fourth-order valence-electron chi connectivity index (χ4n) is 3.47. The zero-order valence-corrected chi connectivity index (χ0v) is 14.5. The van der Waals surface area contributed by atoms with Gasteiger partial charge in [0.15, 0.2) is 0 Å². The van der Waals surface area contributed by atoms with Crippen molar-refractivity contribution < 1.29 is 9.59 Å². The SMILES string of the molecule is Cc1ccccc1NC(=O)N1CCN(C(=O)C2CCCN2C)CC1. The van der Waals surface area contributed by atoms with Crippen LogP contribution in [0.4, 0.5) is 10.5 Å². The van der Waals surface area contributed by atoms with Gasteiger partial charge in [0.2, 0.25) is 5.91 Å². The molecular weight excluding hydrogens is 304 g/mol. The Morgan fingerprint density at radius 3 is 2.33 bits per heavy atom. The number of piperazine rings is 1. The maximum absolute atomic E-state index is 12.6. The predicted octanol–water partition coefficient (Wildman–Crippen LogP) is 1.77. The van der Waals surface area contributed by atoms with Crippen molar-refractivity contribution in [3.63, 3.8) is 0 Å². The number of carbonyl (C=O) groups is 2. The van der Waals surface area contributed by atoms with E-state index in [1.54, 1.807) is 4.90 Å². The number of rotatable bonds is 2. The van der Waals surface area contributed by atoms with E-state index in [1.165, 1.54) is 0 Å². The van der Waals surface area contributed by atoms with Gasteiger partial charge in [0.05, 0.1) is 6.04 Å². The number of likely N-dealkylation sites (tertiary alicyclic amines) is 1. The number of likely N-dealkylation sites (N-methyl/N-ethyl adjacent to an activating group) is 1. The second kappa shape index (κ2) is 7.21. The first kappa shape index (κ1) is 16.8. The molecule has 1 unspecified atom stereocenters. The zero-order valence-electron chi connectivity index (χ0n) is 14.5. The molecule has 0 spiro atoms. The van der Waals surface area contributed by atoms with E-state index >= 15 is 0 Å². The maximum Gasteiger partial charge on any atom is 0.321 e. The van der Waals surface area contributed by atoms with Crippen molar-refractivity contribution in [3.05, 3.63) is 29.8 Å². The number of para-hydroxylation sites is 1. The number of urea groups is 1. The predicted molar refractivity (Wildman–Crippen MR) is 94.0 cm³/mol. The van der Waals surface area contributed by atoms with Crippen LogP contribution in [-0.2, 0) is 4.79 Å². The van der Waals surface area contributed by atoms with E-state index in [2.05, 4.69) is 10.2 Å². The van der Waals surface area contributed by atoms with Gasteiger partial charge in [0.1, 0.15) is 0 Å². The van der Waals surface area contributed by atoms with Gasteiger partial charge in [-0.25, -0.2) is 4.79 Å². The van der Waals surface area contributed by atoms with Crippen LogP contribution in [0.2, 0.25) is 0 Å². The van der Waals surface area contributed by atoms with E-state index in [-0.39, 0.29) is 18.0 Å². The fraction of sp³-hybridized carbons (Fsp3) is 0.556. The molecule has 2 saturated heterocycles. The first-order valence-electron chi connectivity index (χ1n) is 8.67. The Hall–Kier alpha value is -2.08. The van der Waals surface area contributed by atoms with Gasteiger partial charge in [0.25, 0.3) is 0 Å². The number of aryl methyl sites for hydroxylation is 1. The van der Waals surface area contributed by atoms with Crippen molar-refractivity contribution in [2.45, 2.75) is 25.8 Å². The summed E-state index contributed by atoms with van der Waals surface area (Å²) in [6, 6.07) is 7.69. The molecule has 2 heterocycles. The molecule has 0 bridgehead atoms. The van der Waals surface area contributed by atoms with Gasteiger partial charge in [-0.3, -0.25) is 9.69 Å². The summed E-state index contributed by atoms with van der Waals surface area (Å²) < 4.78 is 0. The van der Waals surface area contributed by atoms with Crippen LogP contribution < -0.4 is 5.32 Å². The summed E-state index contributed by atoms with van der Waals surface area (Å²) in [5, 5.41) is 2.96. The Morgan fingerprint density at radius 1 is 1.04 bits per heavy atom. The van der Waals surface area contributed by atoms with E-state index in [0.29, 0.717) is 26.2 Å². The molecule has 2 aliphatic rings. The smallest absolute Gasteiger partial charge is 0.321 e. The second-order valence-electron chi connectivity index (χ2n) is 6.70. The molecule has 0 radical (unpaired) electrons. The summed E-state index contributed by atoms with van der Waals surface area (Å²) in [5.41, 5.74) is 1.89. The van der Waals surface area contributed by atoms with Gasteiger partial charge in [-0.2, -0.15) is 0 Å². The van der Waals surface area contributed by atoms with Crippen molar-refractivity contribution in [3.8, 4) is 0 Å². The third kappa shape index (κ3) is 3.53. The highest BCUT2D eigenvalue weighted by Gasteiger charge is 2.33. The molecule has 2 fully saturated rings. The average molecular weight is 330 g/mol. The average Bonchev–Trinajstić information content (AvgIpc) is 3.02. The van der Waals surface area contributed by atoms with E-state index in [9.17, 15) is 9.59 Å². The first-order valence-corrected chi connectivity index (χ1v) is 8.67. The summed E-state index contributed by atoms with van der Waals surface area (Å²) in [7, 11) is 2.02. The van der Waals surface area contributed by atoms with Gasteiger partial charge in [-0.15, -0.1) is 0 Å². The molecule has 0 aromatic heterocycles. The Balaban J connectivity index is 1.52. The summed E-state index contributed by atoms with van der Waals surface area (Å²) in [6.07, 6.45) is 2.04. The van der Waals surface area contributed by atoms with Crippen LogP contribution in [0, 0.1) is 6.92 Å². The van der Waals surface area contributed by atoms with Gasteiger partial charge in [-0.05, 0) is 45.0 Å². The summed E-state index contributed by atoms with van der Waals surface area (Å²) >= 11 is 0. The Bertz CT molecular complexity index is 611. The summed E-state index contributed by atoms with van der Waals surface area (Å²) in [6.45, 7) is 5.37. The second-order valence-corrected chi connectivity index (χ2v) is 6.70. The minimum Gasteiger partial charge on any atom is -0.338 e. The molecule has 24 heavy (non-hydrogen) atoms. The minimum absolute atomic E-state index is 0.0253. The van der Waals surface area contributed by atoms with Crippen LogP contribution in [0.15, 0.2) is 24.3 Å². The first-order chi connectivity index (χ1) is 11.6. The molecular formula is C18H26N4O2. The Morgan fingerprint density at radius 2 is 1.71 bits per heavy atom. The molecule has 130 valence electrons. The number of carbonyl (C=O) groups excluding carboxylic acids is 2. The Labute approximate surface area is 143 Å². The van der Waals surface area contributed by atoms with Crippen LogP contribution in [0.25, 0.3) is 0 Å². The van der Waals surface area contributed by atoms with Crippen molar-refractivity contribution in [1.29, 1.82) is 0 Å². The monoisotopic (exact) mass is 330 g/mol. The summed E-state index contributed by atoms with van der Waals surface area (Å²) in [5.74, 6) is 0.217. The van der Waals surface area contributed by atoms with Gasteiger partial charge in [0, 0.05) is 31.9 Å². The lowest BCUT2D eigenvalue weighted by atomic mass is 10.1. The number of benzene rings is 1. The van der Waals surface area contributed by atoms with Crippen LogP contribution in [0.3, 0.4) is 0 Å². The number of amides is 3. The molecule has 6 nitrogen and oxygen atoms in total. The van der Waals surface area contributed by atoms with Crippen molar-refractivity contribution in [1.82, 2.24) is 14.7 Å². The molecule has 1 aromatic carbocycles. The highest BCUT2D eigenvalue weighted by Crippen LogP contribution is 2.19. The van der Waals surface area contributed by atoms with Crippen LogP contribution in [0.1, 0.15) is 18.4 Å². The largest absolute Gasteiger partial charge is 0.338 e. The van der Waals surface area contributed by atoms with Gasteiger partial charge in [-0.1, -0.05) is 18.2 Å². The molecule has 1 atom stereocenters. The van der Waals surface area contributed by atoms with Crippen molar-refractivity contribution >= 4 is 17.6 Å². The molecule has 2 aliphatic heterocycles. The number of hydrogen-bond donors (Lipinski definition) is 1. The lowest BCUT2D eigenvalue weighted by molar-refractivity contribution is -0.136. The number of nitrogens with zero attached hydrogens (tertiary/aromatic N) is 3. The molecule has 1 N–H and O–H groups in total. The molecule has 0 aliphatic carbocycles. The van der Waals surface area contributed by atoms with Gasteiger partial charge >= 0.3 is 6.03 Å². The zero-order chi connectivity index (χ0) is 17.1. The van der Waals surface area contributed by atoms with Crippen LogP contribution >= 0.6 is 0 Å². The van der Waals surface area contributed by atoms with E-state index in [0.717, 1.165) is 30.6 Å².